The van der Waals surface area contributed by atoms with E-state index in [1.807, 2.05) is 13.8 Å². The minimum Gasteiger partial charge on any atom is -0.463 e. The van der Waals surface area contributed by atoms with Gasteiger partial charge >= 0.3 is 5.97 Å². The Morgan fingerprint density at radius 3 is 2.47 bits per heavy atom. The van der Waals surface area contributed by atoms with Crippen LogP contribution in [0, 0.1) is 0 Å². The molecule has 0 aromatic rings. The first-order chi connectivity index (χ1) is 8.06. The average Bonchev–Trinajstić information content (AvgIpc) is 2.25. The number of hydrogen-bond donors (Lipinski definition) is 1. The van der Waals surface area contributed by atoms with Gasteiger partial charge in [0.15, 0.2) is 0 Å². The van der Waals surface area contributed by atoms with Gasteiger partial charge in [0, 0.05) is 18.2 Å². The van der Waals surface area contributed by atoms with Crippen LogP contribution < -0.4 is 5.32 Å². The van der Waals surface area contributed by atoms with Crippen LogP contribution in [0.15, 0.2) is 12.2 Å². The van der Waals surface area contributed by atoms with E-state index < -0.39 is 5.97 Å². The molecule has 0 saturated heterocycles. The number of rotatable bonds is 8. The van der Waals surface area contributed by atoms with Crippen molar-refractivity contribution in [3.8, 4) is 0 Å². The smallest absolute Gasteiger partial charge is 0.330 e. The molecular formula is C13H23NO3. The summed E-state index contributed by atoms with van der Waals surface area (Å²) >= 11 is 0. The summed E-state index contributed by atoms with van der Waals surface area (Å²) in [6.45, 7) is 6.27. The standard InChI is InChI=1S/C13H23NO3/c1-4-5-6-7-10-17-13(16)9-8-12(15)14-11(2)3/h8-9,11H,4-7,10H2,1-3H3,(H,14,15)/b9-8-. The van der Waals surface area contributed by atoms with Crippen molar-refractivity contribution in [1.82, 2.24) is 5.32 Å². The van der Waals surface area contributed by atoms with Crippen molar-refractivity contribution in [2.45, 2.75) is 52.5 Å². The van der Waals surface area contributed by atoms with Crippen LogP contribution in [-0.4, -0.2) is 24.5 Å². The number of esters is 1. The van der Waals surface area contributed by atoms with Crippen LogP contribution in [0.5, 0.6) is 0 Å². The molecular weight excluding hydrogens is 218 g/mol. The van der Waals surface area contributed by atoms with Crippen LogP contribution in [0.3, 0.4) is 0 Å². The second kappa shape index (κ2) is 9.87. The highest BCUT2D eigenvalue weighted by Crippen LogP contribution is 1.99. The zero-order chi connectivity index (χ0) is 13.1. The number of carbonyl (C=O) groups is 2. The van der Waals surface area contributed by atoms with Crippen LogP contribution >= 0.6 is 0 Å². The van der Waals surface area contributed by atoms with Gasteiger partial charge in [-0.15, -0.1) is 0 Å². The Hall–Kier alpha value is -1.32. The summed E-state index contributed by atoms with van der Waals surface area (Å²) in [6.07, 6.45) is 6.63. The molecule has 17 heavy (non-hydrogen) atoms. The Labute approximate surface area is 103 Å². The van der Waals surface area contributed by atoms with E-state index >= 15 is 0 Å². The monoisotopic (exact) mass is 241 g/mol. The lowest BCUT2D eigenvalue weighted by molar-refractivity contribution is -0.138. The molecule has 0 aliphatic heterocycles. The van der Waals surface area contributed by atoms with Crippen molar-refractivity contribution in [1.29, 1.82) is 0 Å². The Morgan fingerprint density at radius 1 is 1.18 bits per heavy atom. The zero-order valence-electron chi connectivity index (χ0n) is 11.0. The molecule has 0 atom stereocenters. The molecule has 0 aromatic carbocycles. The van der Waals surface area contributed by atoms with Gasteiger partial charge in [0.2, 0.25) is 5.91 Å². The lowest BCUT2D eigenvalue weighted by Gasteiger charge is -2.04. The van der Waals surface area contributed by atoms with Gasteiger partial charge in [-0.25, -0.2) is 4.79 Å². The minimum absolute atomic E-state index is 0.0669. The molecule has 0 rings (SSSR count). The quantitative estimate of drug-likeness (QED) is 0.402. The summed E-state index contributed by atoms with van der Waals surface area (Å²) in [6, 6.07) is 0.0669. The fraction of sp³-hybridized carbons (Fsp3) is 0.692. The number of carbonyl (C=O) groups excluding carboxylic acids is 2. The van der Waals surface area contributed by atoms with Crippen LogP contribution in [0.1, 0.15) is 46.5 Å². The highest BCUT2D eigenvalue weighted by molar-refractivity contribution is 5.94. The Kier molecular flexibility index (Phi) is 9.11. The molecule has 0 unspecified atom stereocenters. The first-order valence-corrected chi connectivity index (χ1v) is 6.21. The molecule has 0 heterocycles. The van der Waals surface area contributed by atoms with E-state index in [-0.39, 0.29) is 11.9 Å². The van der Waals surface area contributed by atoms with E-state index in [1.165, 1.54) is 6.08 Å². The summed E-state index contributed by atoms with van der Waals surface area (Å²) in [5.41, 5.74) is 0. The predicted octanol–water partition coefficient (Wildman–Crippen LogP) is 2.19. The molecule has 0 fully saturated rings. The second-order valence-electron chi connectivity index (χ2n) is 4.22. The van der Waals surface area contributed by atoms with Gasteiger partial charge < -0.3 is 10.1 Å². The summed E-state index contributed by atoms with van der Waals surface area (Å²) in [4.78, 5) is 22.3. The molecule has 98 valence electrons. The van der Waals surface area contributed by atoms with Crippen molar-refractivity contribution in [2.75, 3.05) is 6.61 Å². The molecule has 1 amide bonds. The van der Waals surface area contributed by atoms with Gasteiger partial charge in [0.05, 0.1) is 6.61 Å². The van der Waals surface area contributed by atoms with E-state index in [4.69, 9.17) is 4.74 Å². The maximum absolute atomic E-state index is 11.2. The Morgan fingerprint density at radius 2 is 1.88 bits per heavy atom. The number of unbranched alkanes of at least 4 members (excludes halogenated alkanes) is 3. The third-order valence-electron chi connectivity index (χ3n) is 2.04. The fourth-order valence-corrected chi connectivity index (χ4v) is 1.23. The minimum atomic E-state index is -0.458. The Bertz CT molecular complexity index is 259. The number of nitrogens with one attached hydrogen (secondary N) is 1. The van der Waals surface area contributed by atoms with Crippen LogP contribution in [-0.2, 0) is 14.3 Å². The second-order valence-corrected chi connectivity index (χ2v) is 4.22. The SMILES string of the molecule is CCCCCCOC(=O)/C=C\C(=O)NC(C)C. The van der Waals surface area contributed by atoms with Gasteiger partial charge in [-0.2, -0.15) is 0 Å². The fourth-order valence-electron chi connectivity index (χ4n) is 1.23. The molecule has 0 aromatic heterocycles. The molecule has 0 spiro atoms. The van der Waals surface area contributed by atoms with Crippen LogP contribution in [0.2, 0.25) is 0 Å². The average molecular weight is 241 g/mol. The third kappa shape index (κ3) is 11.0. The molecule has 4 heteroatoms. The molecule has 0 aliphatic carbocycles. The maximum Gasteiger partial charge on any atom is 0.330 e. The highest BCUT2D eigenvalue weighted by atomic mass is 16.5. The third-order valence-corrected chi connectivity index (χ3v) is 2.04. The van der Waals surface area contributed by atoms with E-state index in [0.717, 1.165) is 31.8 Å². The van der Waals surface area contributed by atoms with E-state index in [1.54, 1.807) is 0 Å². The first-order valence-electron chi connectivity index (χ1n) is 6.21. The lowest BCUT2D eigenvalue weighted by Crippen LogP contribution is -2.28. The van der Waals surface area contributed by atoms with Crippen LogP contribution in [0.4, 0.5) is 0 Å². The number of amides is 1. The van der Waals surface area contributed by atoms with Crippen LogP contribution in [0.25, 0.3) is 0 Å². The lowest BCUT2D eigenvalue weighted by atomic mass is 10.2. The molecule has 4 nitrogen and oxygen atoms in total. The van der Waals surface area contributed by atoms with Crippen molar-refractivity contribution < 1.29 is 14.3 Å². The predicted molar refractivity (Wildman–Crippen MR) is 67.5 cm³/mol. The topological polar surface area (TPSA) is 55.4 Å². The highest BCUT2D eigenvalue weighted by Gasteiger charge is 2.00. The van der Waals surface area contributed by atoms with Gasteiger partial charge in [0.25, 0.3) is 0 Å². The summed E-state index contributed by atoms with van der Waals surface area (Å²) < 4.78 is 4.94. The molecule has 0 aliphatic rings. The first kappa shape index (κ1) is 15.7. The van der Waals surface area contributed by atoms with Gasteiger partial charge in [-0.3, -0.25) is 4.79 Å². The van der Waals surface area contributed by atoms with Crippen molar-refractivity contribution in [3.05, 3.63) is 12.2 Å². The summed E-state index contributed by atoms with van der Waals surface area (Å²) in [7, 11) is 0. The summed E-state index contributed by atoms with van der Waals surface area (Å²) in [5.74, 6) is -0.733. The van der Waals surface area contributed by atoms with Crippen molar-refractivity contribution in [2.24, 2.45) is 0 Å². The molecule has 1 N–H and O–H groups in total. The van der Waals surface area contributed by atoms with Crippen molar-refractivity contribution >= 4 is 11.9 Å². The molecule has 0 saturated carbocycles. The van der Waals surface area contributed by atoms with E-state index in [0.29, 0.717) is 6.61 Å². The number of ether oxygens (including phenoxy) is 1. The Balaban J connectivity index is 3.63. The van der Waals surface area contributed by atoms with Gasteiger partial charge in [-0.1, -0.05) is 26.2 Å². The van der Waals surface area contributed by atoms with Gasteiger partial charge in [0.1, 0.15) is 0 Å². The summed E-state index contributed by atoms with van der Waals surface area (Å²) in [5, 5.41) is 2.65. The maximum atomic E-state index is 11.2. The van der Waals surface area contributed by atoms with Gasteiger partial charge in [-0.05, 0) is 20.3 Å². The van der Waals surface area contributed by atoms with Crippen molar-refractivity contribution in [3.63, 3.8) is 0 Å². The van der Waals surface area contributed by atoms with E-state index in [9.17, 15) is 9.59 Å². The normalized spacial score (nSPS) is 10.8. The molecule has 0 radical (unpaired) electrons. The number of hydrogen-bond acceptors (Lipinski definition) is 3. The molecule has 0 bridgehead atoms. The largest absolute Gasteiger partial charge is 0.463 e. The van der Waals surface area contributed by atoms with E-state index in [2.05, 4.69) is 12.2 Å². The zero-order valence-corrected chi connectivity index (χ0v) is 11.0.